The lowest BCUT2D eigenvalue weighted by Gasteiger charge is -2.11. The number of pyridine rings is 1. The molecule has 1 aliphatic heterocycles. The number of thioether (sulfide) groups is 1. The molecule has 94 valence electrons. The van der Waals surface area contributed by atoms with E-state index in [-0.39, 0.29) is 28.8 Å². The maximum Gasteiger partial charge on any atom is 0.242 e. The number of aromatic nitrogens is 1. The SMILES string of the molecule is CN1C(=O)C[C@@H](Sc2ncccc2C(=O)[O-])C1=O. The third kappa shape index (κ3) is 2.21. The molecule has 1 aliphatic rings. The third-order valence-corrected chi connectivity index (χ3v) is 3.79. The molecule has 0 bridgehead atoms. The zero-order valence-corrected chi connectivity index (χ0v) is 10.3. The van der Waals surface area contributed by atoms with Crippen molar-refractivity contribution in [1.82, 2.24) is 9.88 Å². The van der Waals surface area contributed by atoms with Crippen LogP contribution in [0.1, 0.15) is 16.8 Å². The summed E-state index contributed by atoms with van der Waals surface area (Å²) in [5, 5.41) is 10.5. The number of nitrogens with zero attached hydrogens (tertiary/aromatic N) is 2. The van der Waals surface area contributed by atoms with Gasteiger partial charge in [-0.1, -0.05) is 11.8 Å². The van der Waals surface area contributed by atoms with Crippen LogP contribution in [0.25, 0.3) is 0 Å². The van der Waals surface area contributed by atoms with E-state index < -0.39 is 11.2 Å². The molecule has 0 aromatic carbocycles. The highest BCUT2D eigenvalue weighted by atomic mass is 32.2. The van der Waals surface area contributed by atoms with Crippen molar-refractivity contribution in [2.75, 3.05) is 7.05 Å². The molecule has 2 rings (SSSR count). The molecule has 0 aliphatic carbocycles. The van der Waals surface area contributed by atoms with Crippen LogP contribution >= 0.6 is 11.8 Å². The summed E-state index contributed by atoms with van der Waals surface area (Å²) in [5.41, 5.74) is -0.0719. The van der Waals surface area contributed by atoms with Crippen LogP contribution in [0, 0.1) is 0 Å². The number of carboxylic acid groups (broad SMARTS) is 1. The van der Waals surface area contributed by atoms with Crippen LogP contribution in [-0.2, 0) is 9.59 Å². The van der Waals surface area contributed by atoms with Gasteiger partial charge in [-0.05, 0) is 12.1 Å². The molecule has 2 heterocycles. The molecular weight excluding hydrogens is 256 g/mol. The molecule has 0 saturated carbocycles. The van der Waals surface area contributed by atoms with Crippen LogP contribution in [0.4, 0.5) is 0 Å². The first kappa shape index (κ1) is 12.6. The number of amides is 2. The molecule has 0 unspecified atom stereocenters. The van der Waals surface area contributed by atoms with Gasteiger partial charge in [-0.15, -0.1) is 0 Å². The zero-order valence-electron chi connectivity index (χ0n) is 9.45. The molecule has 0 N–H and O–H groups in total. The van der Waals surface area contributed by atoms with Gasteiger partial charge < -0.3 is 9.90 Å². The lowest BCUT2D eigenvalue weighted by molar-refractivity contribution is -0.255. The van der Waals surface area contributed by atoms with E-state index in [2.05, 4.69) is 4.98 Å². The predicted molar refractivity (Wildman–Crippen MR) is 60.6 cm³/mol. The Kier molecular flexibility index (Phi) is 3.33. The summed E-state index contributed by atoms with van der Waals surface area (Å²) in [7, 11) is 1.41. The Morgan fingerprint density at radius 2 is 2.28 bits per heavy atom. The number of carboxylic acids is 1. The number of carbonyl (C=O) groups excluding carboxylic acids is 3. The normalized spacial score (nSPS) is 19.4. The predicted octanol–water partition coefficient (Wildman–Crippen LogP) is -0.706. The van der Waals surface area contributed by atoms with E-state index in [1.807, 2.05) is 0 Å². The van der Waals surface area contributed by atoms with Gasteiger partial charge >= 0.3 is 0 Å². The van der Waals surface area contributed by atoms with Crippen LogP contribution in [0.15, 0.2) is 23.4 Å². The molecule has 0 radical (unpaired) electrons. The Morgan fingerprint density at radius 1 is 1.56 bits per heavy atom. The average molecular weight is 265 g/mol. The minimum atomic E-state index is -1.35. The number of hydrogen-bond donors (Lipinski definition) is 0. The van der Waals surface area contributed by atoms with E-state index in [0.29, 0.717) is 0 Å². The number of rotatable bonds is 3. The van der Waals surface area contributed by atoms with Crippen molar-refractivity contribution in [1.29, 1.82) is 0 Å². The standard InChI is InChI=1S/C11H10N2O4S/c1-13-8(14)5-7(10(13)15)18-9-6(11(16)17)3-2-4-12-9/h2-4,7H,5H2,1H3,(H,16,17)/p-1/t7-/m1/s1. The number of hydrogen-bond acceptors (Lipinski definition) is 6. The summed E-state index contributed by atoms with van der Waals surface area (Å²) >= 11 is 0.978. The Balaban J connectivity index is 2.23. The maximum absolute atomic E-state index is 11.7. The van der Waals surface area contributed by atoms with E-state index in [1.54, 1.807) is 0 Å². The van der Waals surface area contributed by atoms with E-state index in [9.17, 15) is 19.5 Å². The van der Waals surface area contributed by atoms with Gasteiger partial charge in [0.1, 0.15) is 5.03 Å². The van der Waals surface area contributed by atoms with Gasteiger partial charge in [0.05, 0.1) is 11.2 Å². The first-order chi connectivity index (χ1) is 8.50. The minimum Gasteiger partial charge on any atom is -0.545 e. The van der Waals surface area contributed by atoms with Crippen LogP contribution in [0.3, 0.4) is 0 Å². The topological polar surface area (TPSA) is 90.4 Å². The smallest absolute Gasteiger partial charge is 0.242 e. The van der Waals surface area contributed by atoms with Crippen LogP contribution < -0.4 is 5.11 Å². The van der Waals surface area contributed by atoms with Crippen LogP contribution in [0.2, 0.25) is 0 Å². The molecule has 7 heteroatoms. The second-order valence-electron chi connectivity index (χ2n) is 3.75. The van der Waals surface area contributed by atoms with Crippen molar-refractivity contribution in [3.8, 4) is 0 Å². The largest absolute Gasteiger partial charge is 0.545 e. The van der Waals surface area contributed by atoms with Crippen molar-refractivity contribution in [3.05, 3.63) is 23.9 Å². The highest BCUT2D eigenvalue weighted by Crippen LogP contribution is 2.31. The molecule has 1 atom stereocenters. The van der Waals surface area contributed by atoms with Gasteiger partial charge in [-0.25, -0.2) is 4.98 Å². The molecule has 2 amide bonds. The molecule has 1 aromatic rings. The molecule has 1 saturated heterocycles. The Hall–Kier alpha value is -1.89. The Labute approximate surface area is 107 Å². The number of imide groups is 1. The van der Waals surface area contributed by atoms with Gasteiger partial charge in [-0.3, -0.25) is 14.5 Å². The quantitative estimate of drug-likeness (QED) is 0.671. The fraction of sp³-hybridized carbons (Fsp3) is 0.273. The molecule has 1 fully saturated rings. The lowest BCUT2D eigenvalue weighted by Crippen LogP contribution is -2.27. The Morgan fingerprint density at radius 3 is 2.83 bits per heavy atom. The van der Waals surface area contributed by atoms with Crippen LogP contribution in [0.5, 0.6) is 0 Å². The summed E-state index contributed by atoms with van der Waals surface area (Å²) < 4.78 is 0. The minimum absolute atomic E-state index is 0.0586. The van der Waals surface area contributed by atoms with Gasteiger partial charge in [0.15, 0.2) is 0 Å². The summed E-state index contributed by atoms with van der Waals surface area (Å²) in [5.74, 6) is -1.96. The van der Waals surface area contributed by atoms with E-state index in [4.69, 9.17) is 0 Å². The van der Waals surface area contributed by atoms with Gasteiger partial charge in [0.2, 0.25) is 11.8 Å². The summed E-state index contributed by atoms with van der Waals surface area (Å²) in [4.78, 5) is 38.9. The first-order valence-corrected chi connectivity index (χ1v) is 6.02. The maximum atomic E-state index is 11.7. The molecule has 0 spiro atoms. The van der Waals surface area contributed by atoms with Crippen molar-refractivity contribution >= 4 is 29.5 Å². The Bertz CT molecular complexity index is 532. The molecular formula is C11H9N2O4S-. The second kappa shape index (κ2) is 4.77. The third-order valence-electron chi connectivity index (χ3n) is 2.59. The fourth-order valence-corrected chi connectivity index (χ4v) is 2.74. The zero-order chi connectivity index (χ0) is 13.3. The lowest BCUT2D eigenvalue weighted by atomic mass is 10.3. The van der Waals surface area contributed by atoms with Gasteiger partial charge in [0, 0.05) is 25.2 Å². The van der Waals surface area contributed by atoms with Crippen molar-refractivity contribution in [2.24, 2.45) is 0 Å². The van der Waals surface area contributed by atoms with Crippen molar-refractivity contribution < 1.29 is 19.5 Å². The monoisotopic (exact) mass is 265 g/mol. The van der Waals surface area contributed by atoms with Crippen molar-refractivity contribution in [2.45, 2.75) is 16.7 Å². The second-order valence-corrected chi connectivity index (χ2v) is 4.94. The average Bonchev–Trinajstić information content (AvgIpc) is 2.57. The molecule has 1 aromatic heterocycles. The summed E-state index contributed by atoms with van der Waals surface area (Å²) in [6.45, 7) is 0. The fourth-order valence-electron chi connectivity index (χ4n) is 1.59. The van der Waals surface area contributed by atoms with E-state index >= 15 is 0 Å². The van der Waals surface area contributed by atoms with Gasteiger partial charge in [0.25, 0.3) is 0 Å². The molecule has 18 heavy (non-hydrogen) atoms. The van der Waals surface area contributed by atoms with Crippen molar-refractivity contribution in [3.63, 3.8) is 0 Å². The first-order valence-electron chi connectivity index (χ1n) is 5.14. The highest BCUT2D eigenvalue weighted by Gasteiger charge is 2.37. The summed E-state index contributed by atoms with van der Waals surface area (Å²) in [6.07, 6.45) is 1.49. The van der Waals surface area contributed by atoms with Gasteiger partial charge in [-0.2, -0.15) is 0 Å². The number of carbonyl (C=O) groups is 3. The van der Waals surface area contributed by atoms with Crippen LogP contribution in [-0.4, -0.2) is 40.0 Å². The summed E-state index contributed by atoms with van der Waals surface area (Å²) in [6, 6.07) is 2.83. The van der Waals surface area contributed by atoms with E-state index in [1.165, 1.54) is 25.4 Å². The number of likely N-dealkylation sites (tertiary alicyclic amines) is 1. The van der Waals surface area contributed by atoms with E-state index in [0.717, 1.165) is 16.7 Å². The number of aromatic carboxylic acids is 1. The highest BCUT2D eigenvalue weighted by molar-refractivity contribution is 8.00. The molecule has 6 nitrogen and oxygen atoms in total.